The first-order chi connectivity index (χ1) is 21.9. The molecule has 46 heavy (non-hydrogen) atoms. The molecule has 0 aliphatic rings. The molecule has 0 amide bonds. The summed E-state index contributed by atoms with van der Waals surface area (Å²) in [6, 6.07) is 9.91. The zero-order chi connectivity index (χ0) is 33.2. The second kappa shape index (κ2) is 12.0. The number of benzene rings is 4. The summed E-state index contributed by atoms with van der Waals surface area (Å²) in [6.07, 6.45) is 11.1. The summed E-state index contributed by atoms with van der Waals surface area (Å²) in [5.41, 5.74) is 5.86. The van der Waals surface area contributed by atoms with Gasteiger partial charge in [-0.2, -0.15) is 0 Å². The van der Waals surface area contributed by atoms with Gasteiger partial charge in [0.2, 0.25) is 0 Å². The average molecular weight is 566 g/mol. The summed E-state index contributed by atoms with van der Waals surface area (Å²) in [4.78, 5) is 4.73. The number of allylic oxidation sites excluding steroid dienone is 1. The van der Waals surface area contributed by atoms with E-state index in [0.29, 0.717) is 44.4 Å². The lowest BCUT2D eigenvalue weighted by Crippen LogP contribution is -2.52. The Hall–Kier alpha value is -4.03. The molecule has 0 bridgehead atoms. The number of nitrogens with zero attached hydrogens (tertiary/aromatic N) is 1. The maximum absolute atomic E-state index is 6.93. The van der Waals surface area contributed by atoms with Crippen molar-refractivity contribution in [2.45, 2.75) is 26.2 Å². The van der Waals surface area contributed by atoms with E-state index in [9.17, 15) is 0 Å². The highest BCUT2D eigenvalue weighted by Gasteiger charge is 2.24. The molecule has 0 aliphatic heterocycles. The number of hydrogen-bond acceptors (Lipinski definition) is 2. The fourth-order valence-electron chi connectivity index (χ4n) is 6.14. The molecule has 6 aromatic rings. The number of para-hydroxylation sites is 1. The third kappa shape index (κ3) is 4.84. The molecule has 18 radical (unpaired) electrons. The second-order valence-electron chi connectivity index (χ2n) is 11.6. The number of rotatable bonds is 5. The van der Waals surface area contributed by atoms with Crippen molar-refractivity contribution < 1.29 is 4.42 Å². The average Bonchev–Trinajstić information content (AvgIpc) is 3.40. The van der Waals surface area contributed by atoms with Crippen molar-refractivity contribution in [1.82, 2.24) is 4.98 Å². The molecule has 2 nitrogen and oxygen atoms in total. The fraction of sp³-hybridized carbons (Fsp3) is 0.114. The van der Waals surface area contributed by atoms with Crippen LogP contribution in [-0.2, 0) is 6.42 Å². The number of terminal acetylenes is 1. The van der Waals surface area contributed by atoms with Crippen LogP contribution in [0.25, 0.3) is 49.8 Å². The minimum Gasteiger partial charge on any atom is -0.459 e. The van der Waals surface area contributed by atoms with Gasteiger partial charge in [0.25, 0.3) is 0 Å². The molecule has 0 aliphatic carbocycles. The van der Waals surface area contributed by atoms with Crippen LogP contribution in [0.3, 0.4) is 0 Å². The molecule has 2 aromatic heterocycles. The summed E-state index contributed by atoms with van der Waals surface area (Å²) in [5.74, 6) is 3.45. The van der Waals surface area contributed by atoms with Gasteiger partial charge in [-0.1, -0.05) is 65.3 Å². The van der Waals surface area contributed by atoms with Crippen molar-refractivity contribution in [1.29, 1.82) is 0 Å². The smallest absolute Gasteiger partial charge is 0.144 e. The summed E-state index contributed by atoms with van der Waals surface area (Å²) in [6.45, 7) is 4.24. The van der Waals surface area contributed by atoms with Crippen molar-refractivity contribution in [2.24, 2.45) is 0 Å². The molecular formula is C35H18B9NO. The molecule has 0 saturated carbocycles. The van der Waals surface area contributed by atoms with Crippen LogP contribution >= 0.6 is 0 Å². The van der Waals surface area contributed by atoms with Gasteiger partial charge < -0.3 is 4.42 Å². The molecular weight excluding hydrogens is 548 g/mol. The van der Waals surface area contributed by atoms with Crippen LogP contribution in [0.5, 0.6) is 0 Å². The first-order valence-electron chi connectivity index (χ1n) is 14.5. The summed E-state index contributed by atoms with van der Waals surface area (Å²) < 4.78 is 6.66. The van der Waals surface area contributed by atoms with E-state index in [1.54, 1.807) is 6.08 Å². The van der Waals surface area contributed by atoms with Crippen molar-refractivity contribution in [3.8, 4) is 23.6 Å². The summed E-state index contributed by atoms with van der Waals surface area (Å²) >= 11 is 0. The lowest BCUT2D eigenvalue weighted by Gasteiger charge is -2.27. The Morgan fingerprint density at radius 3 is 1.89 bits per heavy atom. The van der Waals surface area contributed by atoms with Gasteiger partial charge in [0.1, 0.15) is 82.0 Å². The molecule has 0 N–H and O–H groups in total. The Kier molecular flexibility index (Phi) is 8.31. The Labute approximate surface area is 281 Å². The predicted molar refractivity (Wildman–Crippen MR) is 204 cm³/mol. The monoisotopic (exact) mass is 567 g/mol. The van der Waals surface area contributed by atoms with Gasteiger partial charge in [0, 0.05) is 29.1 Å². The van der Waals surface area contributed by atoms with Crippen LogP contribution in [0.2, 0.25) is 0 Å². The number of hydrogen-bond donors (Lipinski definition) is 0. The Morgan fingerprint density at radius 2 is 1.33 bits per heavy atom. The van der Waals surface area contributed by atoms with Crippen molar-refractivity contribution in [2.75, 3.05) is 0 Å². The largest absolute Gasteiger partial charge is 0.459 e. The lowest BCUT2D eigenvalue weighted by atomic mass is 9.58. The van der Waals surface area contributed by atoms with Gasteiger partial charge in [-0.05, 0) is 62.9 Å². The molecule has 196 valence electrons. The highest BCUT2D eigenvalue weighted by molar-refractivity contribution is 6.72. The zero-order valence-electron chi connectivity index (χ0n) is 25.5. The molecule has 0 unspecified atom stereocenters. The quantitative estimate of drug-likeness (QED) is 0.142. The molecule has 11 heteroatoms. The second-order valence-corrected chi connectivity index (χ2v) is 11.6. The van der Waals surface area contributed by atoms with E-state index in [4.69, 9.17) is 86.4 Å². The maximum Gasteiger partial charge on any atom is 0.144 e. The number of furan rings is 1. The third-order valence-electron chi connectivity index (χ3n) is 8.71. The fourth-order valence-corrected chi connectivity index (χ4v) is 6.14. The van der Waals surface area contributed by atoms with Gasteiger partial charge in [-0.15, -0.1) is 28.3 Å². The number of pyridine rings is 1. The zero-order valence-corrected chi connectivity index (χ0v) is 25.5. The van der Waals surface area contributed by atoms with E-state index in [2.05, 4.69) is 25.8 Å². The standard InChI is InChI=1S/C35H18B9NO/c1-4-5-7-16-17-8-6-9-18(20-11-10-15(13-45-20)14(2)3)35(17)46-21(16)12-19-22-23(28(38)32(42)31(41)27(22)37)24-25(26(19)36)30(40)34(44)33(43)29(24)39/h1,5-11,13-14H,12H2,2-3H3/b7-5-. The van der Waals surface area contributed by atoms with Gasteiger partial charge in [0.15, 0.2) is 0 Å². The Bertz CT molecular complexity index is 2310. The van der Waals surface area contributed by atoms with Gasteiger partial charge in [-0.25, -0.2) is 0 Å². The van der Waals surface area contributed by atoms with E-state index in [-0.39, 0.29) is 55.6 Å². The predicted octanol–water partition coefficient (Wildman–Crippen LogP) is -1.69. The third-order valence-corrected chi connectivity index (χ3v) is 8.71. The molecule has 0 saturated heterocycles. The Morgan fingerprint density at radius 1 is 0.739 bits per heavy atom. The minimum absolute atomic E-state index is 0.0911. The van der Waals surface area contributed by atoms with Crippen LogP contribution in [0, 0.1) is 12.3 Å². The minimum atomic E-state index is 0.0911. The van der Waals surface area contributed by atoms with E-state index in [1.807, 2.05) is 36.5 Å². The van der Waals surface area contributed by atoms with Crippen LogP contribution < -0.4 is 49.2 Å². The van der Waals surface area contributed by atoms with Crippen LogP contribution in [0.15, 0.2) is 47.0 Å². The van der Waals surface area contributed by atoms with E-state index >= 15 is 0 Å². The summed E-state index contributed by atoms with van der Waals surface area (Å²) in [7, 11) is 58.5. The van der Waals surface area contributed by atoms with Gasteiger partial charge in [0.05, 0.1) is 5.69 Å². The SMILES string of the molecule is [B]c1c([B])c([B])c2c(c1[B])c([B])c(Cc1oc3c(-c4ccc(C(C)C)cn4)cccc3c1/C=C\C#C)c1c([B])c([B])c([B])c([B])c12. The highest BCUT2D eigenvalue weighted by Crippen LogP contribution is 2.36. The number of fused-ring (bicyclic) bond motifs is 4. The Balaban J connectivity index is 1.70. The van der Waals surface area contributed by atoms with Crippen molar-refractivity contribution in [3.63, 3.8) is 0 Å². The molecule has 6 rings (SSSR count). The molecule has 4 aromatic carbocycles. The molecule has 0 spiro atoms. The highest BCUT2D eigenvalue weighted by atomic mass is 16.3. The molecule has 2 heterocycles. The topological polar surface area (TPSA) is 26.0 Å². The van der Waals surface area contributed by atoms with Crippen LogP contribution in [0.1, 0.15) is 42.2 Å². The number of aromatic nitrogens is 1. The molecule has 0 fully saturated rings. The van der Waals surface area contributed by atoms with Crippen molar-refractivity contribution >= 4 is 158 Å². The van der Waals surface area contributed by atoms with E-state index in [0.717, 1.165) is 27.8 Å². The van der Waals surface area contributed by atoms with Gasteiger partial charge in [-0.3, -0.25) is 4.98 Å². The van der Waals surface area contributed by atoms with Crippen LogP contribution in [0.4, 0.5) is 0 Å². The van der Waals surface area contributed by atoms with Crippen LogP contribution in [-0.4, -0.2) is 75.6 Å². The molecule has 0 atom stereocenters. The lowest BCUT2D eigenvalue weighted by molar-refractivity contribution is 0.563. The van der Waals surface area contributed by atoms with Crippen molar-refractivity contribution in [3.05, 3.63) is 65.1 Å². The van der Waals surface area contributed by atoms with E-state index in [1.165, 1.54) is 0 Å². The normalized spacial score (nSPS) is 11.8. The van der Waals surface area contributed by atoms with Gasteiger partial charge >= 0.3 is 0 Å². The first kappa shape index (κ1) is 31.9. The van der Waals surface area contributed by atoms with E-state index < -0.39 is 0 Å². The summed E-state index contributed by atoms with van der Waals surface area (Å²) in [5, 5.41) is 2.43. The maximum atomic E-state index is 6.93. The first-order valence-corrected chi connectivity index (χ1v) is 14.5.